The van der Waals surface area contributed by atoms with Crippen molar-refractivity contribution >= 4 is 22.4 Å². The van der Waals surface area contributed by atoms with Crippen LogP contribution in [0, 0.1) is 11.2 Å². The fourth-order valence-corrected chi connectivity index (χ4v) is 1.13. The Kier molecular flexibility index (Phi) is 5.14. The number of hydrogen-bond acceptors (Lipinski definition) is 1. The van der Waals surface area contributed by atoms with Gasteiger partial charge in [-0.25, -0.2) is 4.21 Å². The van der Waals surface area contributed by atoms with E-state index >= 15 is 0 Å². The van der Waals surface area contributed by atoms with Crippen LogP contribution in [0.5, 0.6) is 0 Å². The Balaban J connectivity index is 3.44. The second kappa shape index (κ2) is 5.14. The van der Waals surface area contributed by atoms with Gasteiger partial charge in [-0.15, -0.1) is 11.6 Å². The summed E-state index contributed by atoms with van der Waals surface area (Å²) >= 11 is 5.27. The van der Waals surface area contributed by atoms with E-state index in [4.69, 9.17) is 11.6 Å². The third-order valence-corrected chi connectivity index (χ3v) is 1.90. The maximum absolute atomic E-state index is 10.5. The lowest BCUT2D eigenvalue weighted by atomic mass is 10.8. The molecule has 1 nitrogen and oxygen atoms in total. The molecule has 0 amide bonds. The molecule has 1 unspecified atom stereocenters. The molecule has 46 valence electrons. The van der Waals surface area contributed by atoms with Crippen molar-refractivity contribution in [2.45, 2.75) is 6.92 Å². The molecule has 0 aromatic carbocycles. The van der Waals surface area contributed by atoms with Gasteiger partial charge < -0.3 is 0 Å². The van der Waals surface area contributed by atoms with Crippen molar-refractivity contribution in [3.05, 3.63) is 0 Å². The molecule has 3 heteroatoms. The van der Waals surface area contributed by atoms with Crippen LogP contribution in [0.15, 0.2) is 0 Å². The van der Waals surface area contributed by atoms with E-state index in [0.29, 0.717) is 11.6 Å². The van der Waals surface area contributed by atoms with E-state index in [9.17, 15) is 4.21 Å². The van der Waals surface area contributed by atoms with E-state index in [1.165, 1.54) is 0 Å². The van der Waals surface area contributed by atoms with Crippen LogP contribution in [0.25, 0.3) is 0 Å². The molecule has 0 aliphatic rings. The highest BCUT2D eigenvalue weighted by atomic mass is 35.5. The van der Waals surface area contributed by atoms with Crippen molar-refractivity contribution in [2.75, 3.05) is 11.6 Å². The monoisotopic (exact) mass is 150 g/mol. The van der Waals surface area contributed by atoms with Crippen LogP contribution in [0.3, 0.4) is 0 Å². The number of rotatable bonds is 2. The number of alkyl halides is 1. The van der Waals surface area contributed by atoms with Gasteiger partial charge in [-0.05, 0) is 12.2 Å². The lowest BCUT2D eigenvalue weighted by molar-refractivity contribution is 0.690. The summed E-state index contributed by atoms with van der Waals surface area (Å²) in [5.74, 6) is 3.44. The Morgan fingerprint density at radius 2 is 2.38 bits per heavy atom. The zero-order valence-electron chi connectivity index (χ0n) is 4.61. The molecule has 0 rings (SSSR count). The van der Waals surface area contributed by atoms with Gasteiger partial charge in [0.25, 0.3) is 0 Å². The van der Waals surface area contributed by atoms with Crippen molar-refractivity contribution in [1.82, 2.24) is 0 Å². The minimum Gasteiger partial charge on any atom is -0.246 e. The molecule has 0 saturated carbocycles. The van der Waals surface area contributed by atoms with E-state index in [0.717, 1.165) is 0 Å². The van der Waals surface area contributed by atoms with Crippen LogP contribution in [-0.2, 0) is 10.8 Å². The summed E-state index contributed by atoms with van der Waals surface area (Å²) in [7, 11) is -1.01. The van der Waals surface area contributed by atoms with Crippen LogP contribution < -0.4 is 0 Å². The highest BCUT2D eigenvalue weighted by molar-refractivity contribution is 7.89. The average molecular weight is 151 g/mol. The van der Waals surface area contributed by atoms with Gasteiger partial charge in [0.2, 0.25) is 0 Å². The molecule has 1 atom stereocenters. The summed E-state index contributed by atoms with van der Waals surface area (Å²) in [5.41, 5.74) is 0. The number of hydrogen-bond donors (Lipinski definition) is 0. The van der Waals surface area contributed by atoms with E-state index in [1.807, 2.05) is 0 Å². The first kappa shape index (κ1) is 8.00. The molecule has 0 bridgehead atoms. The fraction of sp³-hybridized carbons (Fsp3) is 0.600. The third-order valence-electron chi connectivity index (χ3n) is 0.478. The SMILES string of the molecule is CC#CS(=O)CCCl. The first-order valence-corrected chi connectivity index (χ1v) is 4.03. The molecular weight excluding hydrogens is 144 g/mol. The predicted octanol–water partition coefficient (Wildman–Crippen LogP) is 0.955. The standard InChI is InChI=1S/C5H7ClOS/c1-2-4-8(7)5-3-6/h3,5H2,1H3. The van der Waals surface area contributed by atoms with Gasteiger partial charge in [0.1, 0.15) is 0 Å². The van der Waals surface area contributed by atoms with Gasteiger partial charge in [-0.2, -0.15) is 0 Å². The first-order chi connectivity index (χ1) is 3.81. The molecular formula is C5H7ClOS. The van der Waals surface area contributed by atoms with E-state index in [-0.39, 0.29) is 0 Å². The van der Waals surface area contributed by atoms with Gasteiger partial charge >= 0.3 is 0 Å². The largest absolute Gasteiger partial charge is 0.246 e. The minimum atomic E-state index is -1.01. The Morgan fingerprint density at radius 1 is 1.75 bits per heavy atom. The van der Waals surface area contributed by atoms with Gasteiger partial charge in [0, 0.05) is 11.6 Å². The Hall–Kier alpha value is -0.0000000000000000555. The van der Waals surface area contributed by atoms with Gasteiger partial charge in [0.05, 0.1) is 10.8 Å². The molecule has 0 aliphatic carbocycles. The fourth-order valence-electron chi connectivity index (χ4n) is 0.235. The van der Waals surface area contributed by atoms with Crippen molar-refractivity contribution < 1.29 is 4.21 Å². The molecule has 0 N–H and O–H groups in total. The maximum atomic E-state index is 10.5. The van der Waals surface area contributed by atoms with Gasteiger partial charge in [-0.3, -0.25) is 0 Å². The second-order valence-electron chi connectivity index (χ2n) is 1.09. The minimum absolute atomic E-state index is 0.418. The van der Waals surface area contributed by atoms with E-state index < -0.39 is 10.8 Å². The molecule has 0 aromatic heterocycles. The zero-order chi connectivity index (χ0) is 6.41. The molecule has 8 heavy (non-hydrogen) atoms. The predicted molar refractivity (Wildman–Crippen MR) is 37.2 cm³/mol. The van der Waals surface area contributed by atoms with E-state index in [1.54, 1.807) is 6.92 Å². The highest BCUT2D eigenvalue weighted by Gasteiger charge is 1.88. The molecule has 0 aromatic rings. The lowest BCUT2D eigenvalue weighted by Crippen LogP contribution is -1.93. The summed E-state index contributed by atoms with van der Waals surface area (Å²) in [5, 5.41) is 2.48. The summed E-state index contributed by atoms with van der Waals surface area (Å²) in [4.78, 5) is 0. The van der Waals surface area contributed by atoms with Gasteiger partial charge in [0.15, 0.2) is 0 Å². The quantitative estimate of drug-likeness (QED) is 0.423. The normalized spacial score (nSPS) is 11.8. The van der Waals surface area contributed by atoms with Crippen molar-refractivity contribution in [1.29, 1.82) is 0 Å². The third kappa shape index (κ3) is 4.17. The smallest absolute Gasteiger partial charge is 0.0986 e. The average Bonchev–Trinajstić information content (AvgIpc) is 1.68. The molecule has 0 fully saturated rings. The van der Waals surface area contributed by atoms with Crippen molar-refractivity contribution in [3.8, 4) is 11.2 Å². The summed E-state index contributed by atoms with van der Waals surface area (Å²) < 4.78 is 10.5. The molecule has 0 aliphatic heterocycles. The number of halogens is 1. The topological polar surface area (TPSA) is 17.1 Å². The van der Waals surface area contributed by atoms with Crippen LogP contribution in [0.2, 0.25) is 0 Å². The van der Waals surface area contributed by atoms with E-state index in [2.05, 4.69) is 11.2 Å². The zero-order valence-corrected chi connectivity index (χ0v) is 6.18. The van der Waals surface area contributed by atoms with Crippen LogP contribution >= 0.6 is 11.6 Å². The molecule has 0 saturated heterocycles. The summed E-state index contributed by atoms with van der Waals surface area (Å²) in [6.07, 6.45) is 0. The van der Waals surface area contributed by atoms with Crippen LogP contribution in [-0.4, -0.2) is 15.8 Å². The lowest BCUT2D eigenvalue weighted by Gasteiger charge is -1.81. The van der Waals surface area contributed by atoms with Gasteiger partial charge in [-0.1, -0.05) is 5.92 Å². The first-order valence-electron chi connectivity index (χ1n) is 2.18. The highest BCUT2D eigenvalue weighted by Crippen LogP contribution is 1.80. The van der Waals surface area contributed by atoms with Crippen LogP contribution in [0.4, 0.5) is 0 Å². The second-order valence-corrected chi connectivity index (χ2v) is 2.77. The summed E-state index contributed by atoms with van der Waals surface area (Å²) in [6.45, 7) is 1.66. The Morgan fingerprint density at radius 3 is 2.75 bits per heavy atom. The van der Waals surface area contributed by atoms with Crippen LogP contribution in [0.1, 0.15) is 6.92 Å². The van der Waals surface area contributed by atoms with Crippen molar-refractivity contribution in [2.24, 2.45) is 0 Å². The molecule has 0 heterocycles. The Labute approximate surface area is 56.9 Å². The summed E-state index contributed by atoms with van der Waals surface area (Å²) in [6, 6.07) is 0. The molecule has 0 spiro atoms. The Bertz CT molecular complexity index is 133. The maximum Gasteiger partial charge on any atom is 0.0986 e. The van der Waals surface area contributed by atoms with Crippen molar-refractivity contribution in [3.63, 3.8) is 0 Å². The molecule has 0 radical (unpaired) electrons.